The van der Waals surface area contributed by atoms with Gasteiger partial charge in [0.2, 0.25) is 0 Å². The summed E-state index contributed by atoms with van der Waals surface area (Å²) in [4.78, 5) is 38.6. The van der Waals surface area contributed by atoms with Gasteiger partial charge >= 0.3 is 17.7 Å². The van der Waals surface area contributed by atoms with Crippen LogP contribution in [0, 0.1) is 13.8 Å². The Labute approximate surface area is 179 Å². The van der Waals surface area contributed by atoms with Gasteiger partial charge in [-0.2, -0.15) is 0 Å². The Kier molecular flexibility index (Phi) is 5.75. The first-order valence-corrected chi connectivity index (χ1v) is 10.2. The number of esters is 1. The van der Waals surface area contributed by atoms with Crippen molar-refractivity contribution >= 4 is 23.0 Å². The SMILES string of the molecule is Cc1cc(=O)oc2c(C)c(OC(=O)[C@H]3CCCN3C(=O)OCc3ccccc3)ccc12. The van der Waals surface area contributed by atoms with Gasteiger partial charge in [0.05, 0.1) is 0 Å². The summed E-state index contributed by atoms with van der Waals surface area (Å²) in [5.41, 5.74) is 2.15. The number of fused-ring (bicyclic) bond motifs is 1. The molecule has 31 heavy (non-hydrogen) atoms. The zero-order valence-electron chi connectivity index (χ0n) is 17.4. The van der Waals surface area contributed by atoms with E-state index in [1.807, 2.05) is 37.3 Å². The molecule has 1 aliphatic rings. The van der Waals surface area contributed by atoms with Gasteiger partial charge in [-0.15, -0.1) is 0 Å². The molecule has 0 saturated carbocycles. The lowest BCUT2D eigenvalue weighted by Gasteiger charge is -2.23. The monoisotopic (exact) mass is 421 g/mol. The topological polar surface area (TPSA) is 86.0 Å². The van der Waals surface area contributed by atoms with Crippen molar-refractivity contribution in [3.05, 3.63) is 75.6 Å². The van der Waals surface area contributed by atoms with Gasteiger partial charge in [-0.1, -0.05) is 30.3 Å². The second kappa shape index (κ2) is 8.63. The lowest BCUT2D eigenvalue weighted by molar-refractivity contribution is -0.139. The fraction of sp³-hybridized carbons (Fsp3) is 0.292. The first-order chi connectivity index (χ1) is 14.9. The number of aryl methyl sites for hydroxylation is 2. The van der Waals surface area contributed by atoms with Gasteiger partial charge in [0.25, 0.3) is 0 Å². The molecule has 160 valence electrons. The van der Waals surface area contributed by atoms with Crippen molar-refractivity contribution in [2.75, 3.05) is 6.54 Å². The largest absolute Gasteiger partial charge is 0.445 e. The molecule has 0 N–H and O–H groups in total. The van der Waals surface area contributed by atoms with Gasteiger partial charge in [0.15, 0.2) is 0 Å². The Morgan fingerprint density at radius 1 is 1.13 bits per heavy atom. The number of hydrogen-bond donors (Lipinski definition) is 0. The highest BCUT2D eigenvalue weighted by atomic mass is 16.6. The molecule has 1 aromatic heterocycles. The van der Waals surface area contributed by atoms with E-state index >= 15 is 0 Å². The Hall–Kier alpha value is -3.61. The van der Waals surface area contributed by atoms with Crippen LogP contribution in [0.25, 0.3) is 11.0 Å². The molecule has 0 radical (unpaired) electrons. The van der Waals surface area contributed by atoms with Gasteiger partial charge in [0, 0.05) is 23.6 Å². The van der Waals surface area contributed by atoms with Crippen molar-refractivity contribution in [2.45, 2.75) is 39.3 Å². The number of benzene rings is 2. The summed E-state index contributed by atoms with van der Waals surface area (Å²) in [6.45, 7) is 4.12. The number of rotatable bonds is 4. The molecule has 0 aliphatic carbocycles. The standard InChI is InChI=1S/C24H23NO6/c1-15-13-21(26)31-22-16(2)20(11-10-18(15)22)30-23(27)19-9-6-12-25(19)24(28)29-14-17-7-4-3-5-8-17/h3-5,7-8,10-11,13,19H,6,9,12,14H2,1-2H3/t19-/m1/s1. The Balaban J connectivity index is 1.48. The summed E-state index contributed by atoms with van der Waals surface area (Å²) < 4.78 is 16.3. The molecule has 1 amide bonds. The summed E-state index contributed by atoms with van der Waals surface area (Å²) in [6.07, 6.45) is 0.644. The van der Waals surface area contributed by atoms with Gasteiger partial charge in [-0.25, -0.2) is 14.4 Å². The van der Waals surface area contributed by atoms with Crippen LogP contribution in [0.5, 0.6) is 5.75 Å². The number of carbonyl (C=O) groups is 2. The summed E-state index contributed by atoms with van der Waals surface area (Å²) in [5, 5.41) is 0.781. The fourth-order valence-electron chi connectivity index (χ4n) is 3.82. The van der Waals surface area contributed by atoms with E-state index in [0.717, 1.165) is 16.5 Å². The molecule has 1 atom stereocenters. The van der Waals surface area contributed by atoms with Crippen molar-refractivity contribution in [2.24, 2.45) is 0 Å². The van der Waals surface area contributed by atoms with Crippen LogP contribution in [0.4, 0.5) is 4.79 Å². The summed E-state index contributed by atoms with van der Waals surface area (Å²) in [6, 6.07) is 13.5. The normalized spacial score (nSPS) is 15.8. The average molecular weight is 421 g/mol. The molecule has 7 nitrogen and oxygen atoms in total. The molecule has 2 heterocycles. The number of hydrogen-bond acceptors (Lipinski definition) is 6. The van der Waals surface area contributed by atoms with Crippen molar-refractivity contribution in [3.8, 4) is 5.75 Å². The first-order valence-electron chi connectivity index (χ1n) is 10.2. The predicted octanol–water partition coefficient (Wildman–Crippen LogP) is 4.12. The molecule has 0 unspecified atom stereocenters. The number of nitrogens with zero attached hydrogens (tertiary/aromatic N) is 1. The maximum absolute atomic E-state index is 12.9. The van der Waals surface area contributed by atoms with Gasteiger partial charge in [0.1, 0.15) is 24.0 Å². The lowest BCUT2D eigenvalue weighted by Crippen LogP contribution is -2.42. The van der Waals surface area contributed by atoms with E-state index in [-0.39, 0.29) is 6.61 Å². The van der Waals surface area contributed by atoms with Crippen LogP contribution in [-0.4, -0.2) is 29.5 Å². The van der Waals surface area contributed by atoms with Crippen molar-refractivity contribution in [1.82, 2.24) is 4.90 Å². The van der Waals surface area contributed by atoms with Gasteiger partial charge in [-0.05, 0) is 49.9 Å². The van der Waals surface area contributed by atoms with E-state index in [0.29, 0.717) is 36.3 Å². The smallest absolute Gasteiger partial charge is 0.410 e. The highest BCUT2D eigenvalue weighted by molar-refractivity contribution is 5.88. The second-order valence-corrected chi connectivity index (χ2v) is 7.63. The van der Waals surface area contributed by atoms with Crippen molar-refractivity contribution in [1.29, 1.82) is 0 Å². The van der Waals surface area contributed by atoms with E-state index in [9.17, 15) is 14.4 Å². The minimum absolute atomic E-state index is 0.139. The molecule has 1 aliphatic heterocycles. The molecule has 1 saturated heterocycles. The van der Waals surface area contributed by atoms with Crippen LogP contribution < -0.4 is 10.4 Å². The molecule has 3 aromatic rings. The van der Waals surface area contributed by atoms with Gasteiger partial charge < -0.3 is 13.9 Å². The zero-order valence-corrected chi connectivity index (χ0v) is 17.4. The van der Waals surface area contributed by atoms with E-state index in [4.69, 9.17) is 13.9 Å². The third-order valence-electron chi connectivity index (χ3n) is 5.49. The van der Waals surface area contributed by atoms with E-state index in [1.165, 1.54) is 11.0 Å². The van der Waals surface area contributed by atoms with Crippen LogP contribution >= 0.6 is 0 Å². The van der Waals surface area contributed by atoms with Crippen LogP contribution in [0.1, 0.15) is 29.5 Å². The minimum atomic E-state index is -0.720. The second-order valence-electron chi connectivity index (χ2n) is 7.63. The Morgan fingerprint density at radius 2 is 1.90 bits per heavy atom. The summed E-state index contributed by atoms with van der Waals surface area (Å²) >= 11 is 0. The Morgan fingerprint density at radius 3 is 2.68 bits per heavy atom. The summed E-state index contributed by atoms with van der Waals surface area (Å²) in [7, 11) is 0. The third kappa shape index (κ3) is 4.30. The molecule has 7 heteroatoms. The van der Waals surface area contributed by atoms with E-state index in [1.54, 1.807) is 19.1 Å². The van der Waals surface area contributed by atoms with E-state index < -0.39 is 23.7 Å². The first kappa shape index (κ1) is 20.7. The average Bonchev–Trinajstić information content (AvgIpc) is 3.25. The molecule has 0 spiro atoms. The number of ether oxygens (including phenoxy) is 2. The van der Waals surface area contributed by atoms with E-state index in [2.05, 4.69) is 0 Å². The molecule has 4 rings (SSSR count). The van der Waals surface area contributed by atoms with Crippen molar-refractivity contribution < 1.29 is 23.5 Å². The van der Waals surface area contributed by atoms with Crippen LogP contribution in [-0.2, 0) is 16.1 Å². The molecular formula is C24H23NO6. The zero-order chi connectivity index (χ0) is 22.0. The molecule has 1 fully saturated rings. The number of likely N-dealkylation sites (tertiary alicyclic amines) is 1. The highest BCUT2D eigenvalue weighted by Gasteiger charge is 2.36. The predicted molar refractivity (Wildman–Crippen MR) is 114 cm³/mol. The third-order valence-corrected chi connectivity index (χ3v) is 5.49. The number of amides is 1. The molecule has 2 aromatic carbocycles. The lowest BCUT2D eigenvalue weighted by atomic mass is 10.1. The van der Waals surface area contributed by atoms with Crippen molar-refractivity contribution in [3.63, 3.8) is 0 Å². The molecular weight excluding hydrogens is 398 g/mol. The minimum Gasteiger partial charge on any atom is -0.445 e. The van der Waals surface area contributed by atoms with Crippen LogP contribution in [0.3, 0.4) is 0 Å². The molecule has 0 bridgehead atoms. The quantitative estimate of drug-likeness (QED) is 0.358. The van der Waals surface area contributed by atoms with Gasteiger partial charge in [-0.3, -0.25) is 4.90 Å². The maximum Gasteiger partial charge on any atom is 0.410 e. The highest BCUT2D eigenvalue weighted by Crippen LogP contribution is 2.29. The van der Waals surface area contributed by atoms with Crippen LogP contribution in [0.2, 0.25) is 0 Å². The Bertz CT molecular complexity index is 1180. The number of carbonyl (C=O) groups excluding carboxylic acids is 2. The fourth-order valence-corrected chi connectivity index (χ4v) is 3.82. The maximum atomic E-state index is 12.9. The summed E-state index contributed by atoms with van der Waals surface area (Å²) in [5.74, 6) is -0.234. The van der Waals surface area contributed by atoms with Crippen LogP contribution in [0.15, 0.2) is 57.7 Å².